The Bertz CT molecular complexity index is 668. The van der Waals surface area contributed by atoms with Crippen molar-refractivity contribution in [3.05, 3.63) is 59.4 Å². The summed E-state index contributed by atoms with van der Waals surface area (Å²) in [6.07, 6.45) is 4.34. The lowest BCUT2D eigenvalue weighted by Gasteiger charge is -2.16. The molecule has 1 aromatic carbocycles. The molecule has 1 unspecified atom stereocenters. The molecule has 1 aliphatic rings. The van der Waals surface area contributed by atoms with Gasteiger partial charge in [-0.1, -0.05) is 12.1 Å². The van der Waals surface area contributed by atoms with Crippen LogP contribution in [0.15, 0.2) is 42.7 Å². The number of H-pyrrole nitrogens is 1. The SMILES string of the molecule is Cl.NCC1CCN(C(=O)c2ccc(C(=O)c3cc[nH]c3)cc2)C1. The highest BCUT2D eigenvalue weighted by Crippen LogP contribution is 2.18. The van der Waals surface area contributed by atoms with Crippen molar-refractivity contribution in [1.29, 1.82) is 0 Å². The van der Waals surface area contributed by atoms with Gasteiger partial charge >= 0.3 is 0 Å². The molecule has 2 heterocycles. The number of amides is 1. The van der Waals surface area contributed by atoms with Crippen molar-refractivity contribution < 1.29 is 9.59 Å². The van der Waals surface area contributed by atoms with E-state index in [1.807, 2.05) is 4.90 Å². The van der Waals surface area contributed by atoms with Gasteiger partial charge in [-0.3, -0.25) is 9.59 Å². The summed E-state index contributed by atoms with van der Waals surface area (Å²) < 4.78 is 0. The number of nitrogens with two attached hydrogens (primary N) is 1. The molecule has 0 aliphatic carbocycles. The molecule has 5 nitrogen and oxygen atoms in total. The minimum absolute atomic E-state index is 0. The van der Waals surface area contributed by atoms with Gasteiger partial charge in [0.15, 0.2) is 5.78 Å². The molecule has 0 saturated carbocycles. The first-order valence-electron chi connectivity index (χ1n) is 7.46. The van der Waals surface area contributed by atoms with Gasteiger partial charge in [0.25, 0.3) is 5.91 Å². The van der Waals surface area contributed by atoms with E-state index in [-0.39, 0.29) is 24.1 Å². The second kappa shape index (κ2) is 7.44. The van der Waals surface area contributed by atoms with E-state index in [9.17, 15) is 9.59 Å². The number of nitrogens with one attached hydrogen (secondary N) is 1. The van der Waals surface area contributed by atoms with Crippen molar-refractivity contribution in [2.75, 3.05) is 19.6 Å². The summed E-state index contributed by atoms with van der Waals surface area (Å²) in [5, 5.41) is 0. The Hall–Kier alpha value is -2.11. The third-order valence-electron chi connectivity index (χ3n) is 4.16. The van der Waals surface area contributed by atoms with Crippen LogP contribution in [0, 0.1) is 5.92 Å². The maximum Gasteiger partial charge on any atom is 0.253 e. The van der Waals surface area contributed by atoms with Crippen molar-refractivity contribution in [1.82, 2.24) is 9.88 Å². The van der Waals surface area contributed by atoms with E-state index in [2.05, 4.69) is 4.98 Å². The molecule has 6 heteroatoms. The first kappa shape index (κ1) is 17.2. The molecule has 2 aromatic rings. The third-order valence-corrected chi connectivity index (χ3v) is 4.16. The number of carbonyl (C=O) groups excluding carboxylic acids is 2. The quantitative estimate of drug-likeness (QED) is 0.841. The molecular formula is C17H20ClN3O2. The summed E-state index contributed by atoms with van der Waals surface area (Å²) in [6.45, 7) is 2.10. The number of ketones is 1. The standard InChI is InChI=1S/C17H19N3O2.ClH/c18-9-12-6-8-20(11-12)17(22)14-3-1-13(2-4-14)16(21)15-5-7-19-10-15;/h1-5,7,10,12,19H,6,8-9,11,18H2;1H. The number of aromatic nitrogens is 1. The van der Waals surface area contributed by atoms with Gasteiger partial charge in [0.2, 0.25) is 0 Å². The van der Waals surface area contributed by atoms with Gasteiger partial charge in [-0.25, -0.2) is 0 Å². The highest BCUT2D eigenvalue weighted by atomic mass is 35.5. The minimum Gasteiger partial charge on any atom is -0.367 e. The topological polar surface area (TPSA) is 79.2 Å². The zero-order valence-corrected chi connectivity index (χ0v) is 13.5. The van der Waals surface area contributed by atoms with Crippen LogP contribution in [-0.2, 0) is 0 Å². The van der Waals surface area contributed by atoms with Crippen LogP contribution in [0.25, 0.3) is 0 Å². The van der Waals surface area contributed by atoms with Crippen LogP contribution in [0.1, 0.15) is 32.7 Å². The van der Waals surface area contributed by atoms with Crippen molar-refractivity contribution in [3.8, 4) is 0 Å². The smallest absolute Gasteiger partial charge is 0.253 e. The van der Waals surface area contributed by atoms with Gasteiger partial charge in [0.05, 0.1) is 0 Å². The van der Waals surface area contributed by atoms with E-state index in [0.29, 0.717) is 29.2 Å². The molecule has 1 saturated heterocycles. The number of benzene rings is 1. The Kier molecular flexibility index (Phi) is 5.58. The molecular weight excluding hydrogens is 314 g/mol. The average Bonchev–Trinajstić information content (AvgIpc) is 3.25. The molecule has 23 heavy (non-hydrogen) atoms. The molecule has 3 N–H and O–H groups in total. The van der Waals surface area contributed by atoms with Crippen LogP contribution in [0.5, 0.6) is 0 Å². The highest BCUT2D eigenvalue weighted by molar-refractivity contribution is 6.09. The predicted molar refractivity (Wildman–Crippen MR) is 91.0 cm³/mol. The van der Waals surface area contributed by atoms with Gasteiger partial charge in [0.1, 0.15) is 0 Å². The number of halogens is 1. The zero-order chi connectivity index (χ0) is 15.5. The van der Waals surface area contributed by atoms with Crippen LogP contribution in [-0.4, -0.2) is 41.2 Å². The van der Waals surface area contributed by atoms with Crippen molar-refractivity contribution in [3.63, 3.8) is 0 Å². The van der Waals surface area contributed by atoms with Gasteiger partial charge < -0.3 is 15.6 Å². The number of aromatic amines is 1. The molecule has 122 valence electrons. The lowest BCUT2D eigenvalue weighted by atomic mass is 10.0. The summed E-state index contributed by atoms with van der Waals surface area (Å²) in [5.74, 6) is 0.361. The summed E-state index contributed by atoms with van der Waals surface area (Å²) in [5.41, 5.74) is 7.47. The van der Waals surface area contributed by atoms with Gasteiger partial charge in [0, 0.05) is 42.2 Å². The first-order chi connectivity index (χ1) is 10.7. The lowest BCUT2D eigenvalue weighted by molar-refractivity contribution is 0.0787. The Morgan fingerprint density at radius 2 is 1.83 bits per heavy atom. The van der Waals surface area contributed by atoms with Gasteiger partial charge in [-0.15, -0.1) is 12.4 Å². The normalized spacial score (nSPS) is 16.9. The lowest BCUT2D eigenvalue weighted by Crippen LogP contribution is -2.29. The Balaban J connectivity index is 0.00000192. The molecule has 1 aliphatic heterocycles. The fourth-order valence-electron chi connectivity index (χ4n) is 2.79. The molecule has 3 rings (SSSR count). The van der Waals surface area contributed by atoms with Gasteiger partial charge in [-0.2, -0.15) is 0 Å². The minimum atomic E-state index is -0.0513. The summed E-state index contributed by atoms with van der Waals surface area (Å²) in [6, 6.07) is 8.59. The number of hydrogen-bond donors (Lipinski definition) is 2. The summed E-state index contributed by atoms with van der Waals surface area (Å²) >= 11 is 0. The summed E-state index contributed by atoms with van der Waals surface area (Å²) in [7, 11) is 0. The second-order valence-corrected chi connectivity index (χ2v) is 5.65. The molecule has 0 bridgehead atoms. The fraction of sp³-hybridized carbons (Fsp3) is 0.294. The average molecular weight is 334 g/mol. The van der Waals surface area contributed by atoms with Crippen LogP contribution in [0.4, 0.5) is 0 Å². The van der Waals surface area contributed by atoms with Crippen LogP contribution in [0.3, 0.4) is 0 Å². The largest absolute Gasteiger partial charge is 0.367 e. The van der Waals surface area contributed by atoms with E-state index in [1.165, 1.54) is 0 Å². The molecule has 1 atom stereocenters. The Morgan fingerprint density at radius 1 is 1.13 bits per heavy atom. The number of nitrogens with zero attached hydrogens (tertiary/aromatic N) is 1. The maximum absolute atomic E-state index is 12.4. The van der Waals surface area contributed by atoms with Crippen molar-refractivity contribution in [2.24, 2.45) is 11.7 Å². The van der Waals surface area contributed by atoms with E-state index in [1.54, 1.807) is 42.7 Å². The molecule has 1 fully saturated rings. The molecule has 0 spiro atoms. The fourth-order valence-corrected chi connectivity index (χ4v) is 2.79. The Labute approximate surface area is 141 Å². The highest BCUT2D eigenvalue weighted by Gasteiger charge is 2.26. The Morgan fingerprint density at radius 3 is 2.39 bits per heavy atom. The summed E-state index contributed by atoms with van der Waals surface area (Å²) in [4.78, 5) is 29.3. The van der Waals surface area contributed by atoms with Crippen LogP contribution in [0.2, 0.25) is 0 Å². The zero-order valence-electron chi connectivity index (χ0n) is 12.7. The molecule has 0 radical (unpaired) electrons. The van der Waals surface area contributed by atoms with E-state index in [4.69, 9.17) is 5.73 Å². The predicted octanol–water partition coefficient (Wildman–Crippen LogP) is 2.09. The molecule has 1 amide bonds. The third kappa shape index (κ3) is 3.63. The second-order valence-electron chi connectivity index (χ2n) is 5.65. The number of carbonyl (C=O) groups is 2. The van der Waals surface area contributed by atoms with Crippen molar-refractivity contribution >= 4 is 24.1 Å². The maximum atomic E-state index is 12.4. The van der Waals surface area contributed by atoms with E-state index >= 15 is 0 Å². The monoisotopic (exact) mass is 333 g/mol. The van der Waals surface area contributed by atoms with E-state index in [0.717, 1.165) is 19.5 Å². The first-order valence-corrected chi connectivity index (χ1v) is 7.46. The number of hydrogen-bond acceptors (Lipinski definition) is 3. The van der Waals surface area contributed by atoms with Crippen LogP contribution >= 0.6 is 12.4 Å². The van der Waals surface area contributed by atoms with Crippen molar-refractivity contribution in [2.45, 2.75) is 6.42 Å². The molecule has 1 aromatic heterocycles. The van der Waals surface area contributed by atoms with Gasteiger partial charge in [-0.05, 0) is 37.1 Å². The van der Waals surface area contributed by atoms with Crippen LogP contribution < -0.4 is 5.73 Å². The number of rotatable bonds is 4. The van der Waals surface area contributed by atoms with E-state index < -0.39 is 0 Å². The number of likely N-dealkylation sites (tertiary alicyclic amines) is 1.